The van der Waals surface area contributed by atoms with Gasteiger partial charge in [0.2, 0.25) is 0 Å². The molecule has 86 valence electrons. The fourth-order valence-corrected chi connectivity index (χ4v) is 1.14. The second-order valence-corrected chi connectivity index (χ2v) is 3.39. The molecule has 0 spiro atoms. The maximum atomic E-state index is 11.1. The lowest BCUT2D eigenvalue weighted by molar-refractivity contribution is -0.138. The van der Waals surface area contributed by atoms with Crippen molar-refractivity contribution in [1.82, 2.24) is 0 Å². The van der Waals surface area contributed by atoms with Crippen LogP contribution in [0.5, 0.6) is 5.75 Å². The van der Waals surface area contributed by atoms with Gasteiger partial charge in [0.1, 0.15) is 5.75 Å². The number of carbonyl (C=O) groups excluding carboxylic acids is 2. The molecule has 0 aliphatic carbocycles. The molecular weight excluding hydrogens is 208 g/mol. The molecule has 0 bridgehead atoms. The molecule has 4 heteroatoms. The Morgan fingerprint density at radius 3 is 2.69 bits per heavy atom. The molecule has 0 fully saturated rings. The minimum Gasteiger partial charge on any atom is -0.395 e. The van der Waals surface area contributed by atoms with Gasteiger partial charge in [-0.3, -0.25) is 4.79 Å². The molecule has 0 saturated heterocycles. The first kappa shape index (κ1) is 12.2. The molecule has 0 heterocycles. The normalized spacial score (nSPS) is 9.62. The summed E-state index contributed by atoms with van der Waals surface area (Å²) in [7, 11) is 0. The third kappa shape index (κ3) is 4.13. The first-order valence-corrected chi connectivity index (χ1v) is 5.11. The van der Waals surface area contributed by atoms with Crippen LogP contribution in [0.3, 0.4) is 0 Å². The molecule has 0 aliphatic heterocycles. The van der Waals surface area contributed by atoms with Gasteiger partial charge in [-0.25, -0.2) is 4.79 Å². The highest BCUT2D eigenvalue weighted by Crippen LogP contribution is 2.13. The number of esters is 1. The van der Waals surface area contributed by atoms with Crippen LogP contribution in [0, 0.1) is 6.92 Å². The van der Waals surface area contributed by atoms with E-state index in [2.05, 4.69) is 4.74 Å². The van der Waals surface area contributed by atoms with Gasteiger partial charge in [-0.05, 0) is 31.0 Å². The Bertz CT molecular complexity index is 384. The van der Waals surface area contributed by atoms with Crippen LogP contribution >= 0.6 is 0 Å². The van der Waals surface area contributed by atoms with Crippen LogP contribution in [-0.2, 0) is 9.53 Å². The van der Waals surface area contributed by atoms with E-state index in [4.69, 9.17) is 4.74 Å². The fraction of sp³-hybridized carbons (Fsp3) is 0.333. The summed E-state index contributed by atoms with van der Waals surface area (Å²) < 4.78 is 9.26. The number of aryl methyl sites for hydroxylation is 1. The smallest absolute Gasteiger partial charge is 0.395 e. The standard InChI is InChI=1S/C12H14O4/c1-3-5-11(13)16-12(14)15-10-7-4-6-9(2)8-10/h4,6-8H,3,5H2,1-2H3. The highest BCUT2D eigenvalue weighted by molar-refractivity contribution is 5.82. The lowest BCUT2D eigenvalue weighted by Gasteiger charge is -2.04. The van der Waals surface area contributed by atoms with Crippen LogP contribution in [0.4, 0.5) is 4.79 Å². The minimum atomic E-state index is -0.982. The Balaban J connectivity index is 2.48. The van der Waals surface area contributed by atoms with Crippen LogP contribution in [0.1, 0.15) is 25.3 Å². The van der Waals surface area contributed by atoms with E-state index in [9.17, 15) is 9.59 Å². The lowest BCUT2D eigenvalue weighted by atomic mass is 10.2. The van der Waals surface area contributed by atoms with E-state index in [0.717, 1.165) is 5.56 Å². The topological polar surface area (TPSA) is 52.6 Å². The number of hydrogen-bond acceptors (Lipinski definition) is 4. The molecule has 0 amide bonds. The molecule has 1 rings (SSSR count). The minimum absolute atomic E-state index is 0.211. The van der Waals surface area contributed by atoms with Gasteiger partial charge in [-0.15, -0.1) is 0 Å². The lowest BCUT2D eigenvalue weighted by Crippen LogP contribution is -2.15. The van der Waals surface area contributed by atoms with E-state index in [0.29, 0.717) is 12.2 Å². The van der Waals surface area contributed by atoms with Gasteiger partial charge in [0, 0.05) is 6.42 Å². The molecule has 1 aromatic rings. The summed E-state index contributed by atoms with van der Waals surface area (Å²) in [4.78, 5) is 22.1. The second kappa shape index (κ2) is 5.90. The van der Waals surface area contributed by atoms with Gasteiger partial charge in [-0.1, -0.05) is 19.1 Å². The van der Waals surface area contributed by atoms with Crippen molar-refractivity contribution in [3.8, 4) is 5.75 Å². The number of hydrogen-bond donors (Lipinski definition) is 0. The molecular formula is C12H14O4. The molecule has 0 atom stereocenters. The van der Waals surface area contributed by atoms with Gasteiger partial charge in [0.25, 0.3) is 0 Å². The Morgan fingerprint density at radius 2 is 2.06 bits per heavy atom. The monoisotopic (exact) mass is 222 g/mol. The molecule has 0 N–H and O–H groups in total. The third-order valence-corrected chi connectivity index (χ3v) is 1.84. The van der Waals surface area contributed by atoms with Gasteiger partial charge in [0.15, 0.2) is 0 Å². The highest BCUT2D eigenvalue weighted by atomic mass is 16.7. The zero-order valence-electron chi connectivity index (χ0n) is 9.36. The van der Waals surface area contributed by atoms with E-state index in [-0.39, 0.29) is 6.42 Å². The molecule has 0 aromatic heterocycles. The number of benzene rings is 1. The zero-order chi connectivity index (χ0) is 12.0. The summed E-state index contributed by atoms with van der Waals surface area (Å²) in [5.41, 5.74) is 0.963. The molecule has 0 aliphatic rings. The molecule has 4 nitrogen and oxygen atoms in total. The summed E-state index contributed by atoms with van der Waals surface area (Å²) >= 11 is 0. The van der Waals surface area contributed by atoms with E-state index in [1.54, 1.807) is 18.2 Å². The number of rotatable bonds is 3. The second-order valence-electron chi connectivity index (χ2n) is 3.39. The van der Waals surface area contributed by atoms with Gasteiger partial charge in [-0.2, -0.15) is 0 Å². The summed E-state index contributed by atoms with van der Waals surface area (Å²) in [6.45, 7) is 3.70. The summed E-state index contributed by atoms with van der Waals surface area (Å²) in [6, 6.07) is 6.94. The van der Waals surface area contributed by atoms with Crippen molar-refractivity contribution in [2.75, 3.05) is 0 Å². The molecule has 0 saturated carbocycles. The van der Waals surface area contributed by atoms with Crippen LogP contribution in [0.25, 0.3) is 0 Å². The maximum absolute atomic E-state index is 11.1. The average Bonchev–Trinajstić information content (AvgIpc) is 2.17. The summed E-state index contributed by atoms with van der Waals surface area (Å²) in [5, 5.41) is 0. The Morgan fingerprint density at radius 1 is 1.31 bits per heavy atom. The van der Waals surface area contributed by atoms with Crippen LogP contribution < -0.4 is 4.74 Å². The van der Waals surface area contributed by atoms with Crippen LogP contribution in [0.2, 0.25) is 0 Å². The van der Waals surface area contributed by atoms with Crippen LogP contribution in [0.15, 0.2) is 24.3 Å². The Labute approximate surface area is 94.2 Å². The van der Waals surface area contributed by atoms with Crippen molar-refractivity contribution in [3.05, 3.63) is 29.8 Å². The van der Waals surface area contributed by atoms with E-state index in [1.165, 1.54) is 0 Å². The molecule has 0 unspecified atom stereocenters. The van der Waals surface area contributed by atoms with Gasteiger partial charge in [0.05, 0.1) is 0 Å². The summed E-state index contributed by atoms with van der Waals surface area (Å²) in [5.74, 6) is -0.200. The maximum Gasteiger partial charge on any atom is 0.521 e. The van der Waals surface area contributed by atoms with Gasteiger partial charge >= 0.3 is 12.1 Å². The predicted molar refractivity (Wildman–Crippen MR) is 58.2 cm³/mol. The van der Waals surface area contributed by atoms with Crippen molar-refractivity contribution < 1.29 is 19.1 Å². The fourth-order valence-electron chi connectivity index (χ4n) is 1.14. The highest BCUT2D eigenvalue weighted by Gasteiger charge is 2.11. The van der Waals surface area contributed by atoms with Gasteiger partial charge < -0.3 is 9.47 Å². The Kier molecular flexibility index (Phi) is 4.51. The van der Waals surface area contributed by atoms with E-state index < -0.39 is 12.1 Å². The SMILES string of the molecule is CCCC(=O)OC(=O)Oc1cccc(C)c1. The van der Waals surface area contributed by atoms with Crippen molar-refractivity contribution in [3.63, 3.8) is 0 Å². The first-order chi connectivity index (χ1) is 7.61. The third-order valence-electron chi connectivity index (χ3n) is 1.84. The van der Waals surface area contributed by atoms with E-state index in [1.807, 2.05) is 19.9 Å². The number of carbonyl (C=O) groups is 2. The Hall–Kier alpha value is -1.84. The first-order valence-electron chi connectivity index (χ1n) is 5.11. The largest absolute Gasteiger partial charge is 0.521 e. The molecule has 0 radical (unpaired) electrons. The van der Waals surface area contributed by atoms with Crippen molar-refractivity contribution in [1.29, 1.82) is 0 Å². The predicted octanol–water partition coefficient (Wildman–Crippen LogP) is 2.84. The quantitative estimate of drug-likeness (QED) is 0.448. The van der Waals surface area contributed by atoms with Crippen molar-refractivity contribution in [2.45, 2.75) is 26.7 Å². The zero-order valence-corrected chi connectivity index (χ0v) is 9.36. The number of ether oxygens (including phenoxy) is 2. The van der Waals surface area contributed by atoms with Crippen molar-refractivity contribution in [2.24, 2.45) is 0 Å². The average molecular weight is 222 g/mol. The summed E-state index contributed by atoms with van der Waals surface area (Å²) in [6.07, 6.45) is -0.136. The van der Waals surface area contributed by atoms with Crippen molar-refractivity contribution >= 4 is 12.1 Å². The van der Waals surface area contributed by atoms with E-state index >= 15 is 0 Å². The molecule has 1 aromatic carbocycles. The molecule has 16 heavy (non-hydrogen) atoms. The van der Waals surface area contributed by atoms with Crippen LogP contribution in [-0.4, -0.2) is 12.1 Å².